The molecule has 0 aliphatic rings. The number of benzene rings is 3. The van der Waals surface area contributed by atoms with Crippen molar-refractivity contribution in [1.82, 2.24) is 0 Å². The molecule has 0 aliphatic heterocycles. The Morgan fingerprint density at radius 2 is 1.05 bits per heavy atom. The van der Waals surface area contributed by atoms with Gasteiger partial charge in [0.15, 0.2) is 0 Å². The Hall–Kier alpha value is -1.79. The summed E-state index contributed by atoms with van der Waals surface area (Å²) < 4.78 is 3.37. The van der Waals surface area contributed by atoms with Crippen LogP contribution in [0, 0.1) is 6.92 Å². The van der Waals surface area contributed by atoms with E-state index in [4.69, 9.17) is 17.0 Å². The van der Waals surface area contributed by atoms with Gasteiger partial charge in [0.25, 0.3) is 0 Å². The van der Waals surface area contributed by atoms with E-state index in [1.165, 1.54) is 38.2 Å². The van der Waals surface area contributed by atoms with Gasteiger partial charge in [-0.15, -0.1) is 39.7 Å². The molecule has 196 valence electrons. The first-order chi connectivity index (χ1) is 17.3. The maximum absolute atomic E-state index is 5.13. The molecule has 0 aliphatic carbocycles. The summed E-state index contributed by atoms with van der Waals surface area (Å²) >= 11 is -1.85. The van der Waals surface area contributed by atoms with E-state index < -0.39 is 18.9 Å². The summed E-state index contributed by atoms with van der Waals surface area (Å²) in [5.74, 6) is 0. The summed E-state index contributed by atoms with van der Waals surface area (Å²) in [6.07, 6.45) is 0. The largest absolute Gasteiger partial charge is 0.214 e. The number of hydrogen-bond donors (Lipinski definition) is 0. The molecule has 0 heterocycles. The minimum atomic E-state index is -1.85. The van der Waals surface area contributed by atoms with Gasteiger partial charge in [-0.2, -0.15) is 18.2 Å². The smallest absolute Gasteiger partial charge is 0.172 e. The Kier molecular flexibility index (Phi) is 12.2. The Morgan fingerprint density at radius 1 is 0.649 bits per heavy atom. The molecule has 0 nitrogen and oxygen atoms in total. The molecular formula is C34H40Cl2Zr-2. The van der Waals surface area contributed by atoms with Gasteiger partial charge in [-0.3, -0.25) is 0 Å². The first kappa shape index (κ1) is 31.4. The number of halogens is 2. The predicted molar refractivity (Wildman–Crippen MR) is 166 cm³/mol. The van der Waals surface area contributed by atoms with Gasteiger partial charge in [-0.25, -0.2) is 12.1 Å². The molecule has 0 bridgehead atoms. The van der Waals surface area contributed by atoms with Gasteiger partial charge in [0.1, 0.15) is 0 Å². The van der Waals surface area contributed by atoms with Gasteiger partial charge in [0, 0.05) is 0 Å². The Morgan fingerprint density at radius 3 is 1.32 bits per heavy atom. The van der Waals surface area contributed by atoms with Crippen LogP contribution in [0.5, 0.6) is 0 Å². The van der Waals surface area contributed by atoms with E-state index in [-0.39, 0.29) is 10.8 Å². The number of hydrogen-bond acceptors (Lipinski definition) is 0. The van der Waals surface area contributed by atoms with Crippen LogP contribution in [0.3, 0.4) is 0 Å². The Balaban J connectivity index is 0.000000243. The Bertz CT molecular complexity index is 1270. The zero-order valence-corrected chi connectivity index (χ0v) is 27.2. The zero-order valence-electron chi connectivity index (χ0n) is 23.3. The van der Waals surface area contributed by atoms with Crippen molar-refractivity contribution in [2.24, 2.45) is 0 Å². The number of fused-ring (bicyclic) bond motifs is 3. The van der Waals surface area contributed by atoms with Crippen molar-refractivity contribution < 1.29 is 18.9 Å². The van der Waals surface area contributed by atoms with Crippen molar-refractivity contribution in [2.45, 2.75) is 59.3 Å². The maximum atomic E-state index is 5.13. The maximum Gasteiger partial charge on any atom is -0.172 e. The molecule has 0 spiro atoms. The predicted octanol–water partition coefficient (Wildman–Crippen LogP) is 11.1. The van der Waals surface area contributed by atoms with E-state index in [1.807, 2.05) is 48.5 Å². The van der Waals surface area contributed by atoms with Crippen molar-refractivity contribution in [3.8, 4) is 0 Å². The van der Waals surface area contributed by atoms with Gasteiger partial charge in [0.05, 0.1) is 0 Å². The van der Waals surface area contributed by atoms with Crippen molar-refractivity contribution in [1.29, 1.82) is 0 Å². The second-order valence-electron chi connectivity index (χ2n) is 11.2. The molecule has 5 rings (SSSR count). The molecular weight excluding hydrogens is 571 g/mol. The van der Waals surface area contributed by atoms with Crippen LogP contribution in [0.15, 0.2) is 103 Å². The molecule has 5 aromatic rings. The molecule has 0 N–H and O–H groups in total. The summed E-state index contributed by atoms with van der Waals surface area (Å²) in [5.41, 5.74) is 4.52. The summed E-state index contributed by atoms with van der Waals surface area (Å²) in [6, 6.07) is 36.4. The van der Waals surface area contributed by atoms with E-state index in [0.717, 1.165) is 0 Å². The van der Waals surface area contributed by atoms with Crippen molar-refractivity contribution >= 4 is 42.8 Å². The first-order valence-corrected chi connectivity index (χ1v) is 20.7. The van der Waals surface area contributed by atoms with Crippen molar-refractivity contribution in [3.05, 3.63) is 120 Å². The molecule has 0 amide bonds. The zero-order chi connectivity index (χ0) is 27.6. The number of aryl methyl sites for hydroxylation is 1. The van der Waals surface area contributed by atoms with Crippen LogP contribution in [0.2, 0.25) is 0 Å². The summed E-state index contributed by atoms with van der Waals surface area (Å²) in [5, 5.41) is 5.49. The normalized spacial score (nSPS) is 10.9. The summed E-state index contributed by atoms with van der Waals surface area (Å²) in [7, 11) is 10.3. The molecule has 0 fully saturated rings. The second kappa shape index (κ2) is 14.4. The van der Waals surface area contributed by atoms with Crippen LogP contribution in [0.1, 0.15) is 58.2 Å². The van der Waals surface area contributed by atoms with Gasteiger partial charge in [-0.1, -0.05) is 113 Å². The van der Waals surface area contributed by atoms with Gasteiger partial charge >= 0.3 is 40.1 Å². The van der Waals surface area contributed by atoms with Crippen LogP contribution >= 0.6 is 17.0 Å². The van der Waals surface area contributed by atoms with Gasteiger partial charge < -0.3 is 0 Å². The molecule has 5 aromatic carbocycles. The third-order valence-electron chi connectivity index (χ3n) is 5.94. The fourth-order valence-corrected chi connectivity index (χ4v) is 3.79. The molecule has 3 heteroatoms. The second-order valence-corrected chi connectivity index (χ2v) is 19.4. The standard InChI is InChI=1S/C21H25.C7H8.C5H5.CH2.2ClH.Zr/c1-20(2,3)16-9-7-14-11-15-8-10-17(21(4,5)6)13-19(15)18(14)12-16;1-7-5-3-2-4-6-7;1-2-4-5-3-1;;;;/h7-13H,1-6H3;2-6H,1H3;1-5H;1H2;2*1H;/q-1;;-1;;;;+2/p-2. The third kappa shape index (κ3) is 10.8. The molecule has 37 heavy (non-hydrogen) atoms. The molecule has 0 aromatic heterocycles. The fourth-order valence-electron chi connectivity index (χ4n) is 3.79. The summed E-state index contributed by atoms with van der Waals surface area (Å²) in [4.78, 5) is 0. The van der Waals surface area contributed by atoms with E-state index in [9.17, 15) is 0 Å². The minimum Gasteiger partial charge on any atom is -0.214 e. The fraction of sp³-hybridized carbons (Fsp3) is 0.265. The van der Waals surface area contributed by atoms with Crippen molar-refractivity contribution in [3.63, 3.8) is 0 Å². The van der Waals surface area contributed by atoms with Crippen LogP contribution in [0.4, 0.5) is 0 Å². The van der Waals surface area contributed by atoms with Gasteiger partial charge in [-0.05, 0) is 17.8 Å². The number of rotatable bonds is 0. The molecule has 0 radical (unpaired) electrons. The van der Waals surface area contributed by atoms with Crippen LogP contribution in [-0.2, 0) is 29.7 Å². The third-order valence-corrected chi connectivity index (χ3v) is 5.94. The molecule has 0 unspecified atom stereocenters. The molecule has 0 atom stereocenters. The van der Waals surface area contributed by atoms with E-state index >= 15 is 0 Å². The van der Waals surface area contributed by atoms with E-state index in [1.54, 1.807) is 0 Å². The average molecular weight is 611 g/mol. The van der Waals surface area contributed by atoms with Crippen LogP contribution in [0.25, 0.3) is 21.5 Å². The Labute approximate surface area is 239 Å². The SMILES string of the molecule is CC(C)(C)c1ccc2[cH-]c3ccc(C(C)(C)C)cc3c2c1.Cc1ccccc1.[CH2]=[Zr]([Cl])[Cl].c1cc[cH-]c1. The monoisotopic (exact) mass is 608 g/mol. The average Bonchev–Trinajstić information content (AvgIpc) is 3.49. The topological polar surface area (TPSA) is 0 Å². The van der Waals surface area contributed by atoms with Crippen LogP contribution in [-0.4, -0.2) is 4.21 Å². The molecule has 0 saturated heterocycles. The molecule has 0 saturated carbocycles. The van der Waals surface area contributed by atoms with Gasteiger partial charge in [0.2, 0.25) is 0 Å². The minimum absolute atomic E-state index is 0.194. The van der Waals surface area contributed by atoms with Crippen molar-refractivity contribution in [2.75, 3.05) is 0 Å². The summed E-state index contributed by atoms with van der Waals surface area (Å²) in [6.45, 7) is 15.7. The van der Waals surface area contributed by atoms with Crippen LogP contribution < -0.4 is 0 Å². The first-order valence-electron chi connectivity index (χ1n) is 12.6. The van der Waals surface area contributed by atoms with E-state index in [0.29, 0.717) is 0 Å². The van der Waals surface area contributed by atoms with E-state index in [2.05, 4.69) is 107 Å². The quantitative estimate of drug-likeness (QED) is 0.153.